The number of hydrogen-bond donors (Lipinski definition) is 3. The Morgan fingerprint density at radius 2 is 1.03 bits per heavy atom. The van der Waals surface area contributed by atoms with Gasteiger partial charge in [-0.3, -0.25) is 4.48 Å². The molecule has 0 saturated heterocycles. The van der Waals surface area contributed by atoms with Crippen LogP contribution >= 0.6 is 0 Å². The van der Waals surface area contributed by atoms with Crippen LogP contribution in [0.5, 0.6) is 0 Å². The summed E-state index contributed by atoms with van der Waals surface area (Å²) in [6.07, 6.45) is 10.9. The lowest BCUT2D eigenvalue weighted by atomic mass is 9.91. The van der Waals surface area contributed by atoms with E-state index in [-0.39, 0.29) is 25.8 Å². The van der Waals surface area contributed by atoms with Crippen LogP contribution in [0.2, 0.25) is 0 Å². The summed E-state index contributed by atoms with van der Waals surface area (Å²) in [6, 6.07) is -3.16. The molecule has 0 radical (unpaired) electrons. The number of allylic oxidation sites excluding steroid dienone is 2. The summed E-state index contributed by atoms with van der Waals surface area (Å²) in [4.78, 5) is 37.2. The van der Waals surface area contributed by atoms with Crippen molar-refractivity contribution in [3.63, 3.8) is 0 Å². The average Bonchev–Trinajstić information content (AvgIpc) is 2.71. The second-order valence-electron chi connectivity index (χ2n) is 8.40. The third-order valence-electron chi connectivity index (χ3n) is 6.07. The van der Waals surface area contributed by atoms with Gasteiger partial charge in [0.25, 0.3) is 0 Å². The van der Waals surface area contributed by atoms with Gasteiger partial charge in [0, 0.05) is 19.3 Å². The molecular weight excluding hydrogens is 398 g/mol. The van der Waals surface area contributed by atoms with Gasteiger partial charge in [0.1, 0.15) is 0 Å². The molecule has 3 N–H and O–H groups in total. The van der Waals surface area contributed by atoms with Crippen molar-refractivity contribution in [3.05, 3.63) is 12.2 Å². The molecule has 0 fully saturated rings. The lowest BCUT2D eigenvalue weighted by Crippen LogP contribution is -2.72. The summed E-state index contributed by atoms with van der Waals surface area (Å²) >= 11 is 0. The Morgan fingerprint density at radius 1 is 0.645 bits per heavy atom. The van der Waals surface area contributed by atoms with Crippen LogP contribution in [0.4, 0.5) is 0 Å². The maximum atomic E-state index is 12.4. The molecule has 0 aromatic heterocycles. The molecule has 0 rings (SSSR count). The molecule has 0 aliphatic heterocycles. The molecule has 0 aromatic rings. The van der Waals surface area contributed by atoms with Crippen molar-refractivity contribution >= 4 is 17.9 Å². The van der Waals surface area contributed by atoms with Gasteiger partial charge in [-0.15, -0.1) is 0 Å². The van der Waals surface area contributed by atoms with Gasteiger partial charge in [0.2, 0.25) is 0 Å². The zero-order valence-electron chi connectivity index (χ0n) is 19.9. The Labute approximate surface area is 187 Å². The van der Waals surface area contributed by atoms with Gasteiger partial charge in [-0.2, -0.15) is 0 Å². The molecule has 31 heavy (non-hydrogen) atoms. The molecular formula is C24H44NO6+. The number of rotatable bonds is 19. The van der Waals surface area contributed by atoms with E-state index in [0.29, 0.717) is 25.7 Å². The largest absolute Gasteiger partial charge is 0.477 e. The predicted molar refractivity (Wildman–Crippen MR) is 122 cm³/mol. The number of unbranched alkanes of at least 4 members (excludes halogenated alkanes) is 3. The SMILES string of the molecule is CCC/C=C/CCCC[N+](C(CCC)C(=O)O)(C(CCC)C(=O)O)C(CCC)C(=O)O. The number of quaternary nitrogens is 1. The van der Waals surface area contributed by atoms with Gasteiger partial charge >= 0.3 is 17.9 Å². The van der Waals surface area contributed by atoms with Crippen molar-refractivity contribution in [1.29, 1.82) is 0 Å². The Balaban J connectivity index is 6.35. The first-order chi connectivity index (χ1) is 14.7. The van der Waals surface area contributed by atoms with E-state index >= 15 is 0 Å². The molecule has 0 aliphatic carbocycles. The Kier molecular flexibility index (Phi) is 14.9. The molecule has 0 spiro atoms. The third-order valence-corrected chi connectivity index (χ3v) is 6.07. The van der Waals surface area contributed by atoms with Crippen molar-refractivity contribution in [2.75, 3.05) is 6.54 Å². The minimum absolute atomic E-state index is 0.243. The highest BCUT2D eigenvalue weighted by atomic mass is 16.4. The number of carboxylic acid groups (broad SMARTS) is 3. The molecule has 0 bridgehead atoms. The van der Waals surface area contributed by atoms with Gasteiger partial charge < -0.3 is 15.3 Å². The van der Waals surface area contributed by atoms with Gasteiger partial charge in [-0.05, 0) is 44.9 Å². The predicted octanol–water partition coefficient (Wildman–Crippen LogP) is 5.09. The van der Waals surface area contributed by atoms with Crippen LogP contribution in [0.1, 0.15) is 98.3 Å². The van der Waals surface area contributed by atoms with Gasteiger partial charge in [0.15, 0.2) is 18.1 Å². The molecule has 7 nitrogen and oxygen atoms in total. The topological polar surface area (TPSA) is 112 Å². The van der Waals surface area contributed by atoms with Crippen LogP contribution in [0.15, 0.2) is 12.2 Å². The monoisotopic (exact) mass is 442 g/mol. The molecule has 3 atom stereocenters. The van der Waals surface area contributed by atoms with Crippen molar-refractivity contribution in [3.8, 4) is 0 Å². The summed E-state index contributed by atoms with van der Waals surface area (Å²) in [5.74, 6) is -3.31. The normalized spacial score (nSPS) is 16.5. The van der Waals surface area contributed by atoms with Gasteiger partial charge in [-0.25, -0.2) is 14.4 Å². The van der Waals surface area contributed by atoms with E-state index < -0.39 is 40.5 Å². The molecule has 0 aromatic carbocycles. The van der Waals surface area contributed by atoms with E-state index in [0.717, 1.165) is 25.7 Å². The minimum atomic E-state index is -1.10. The third kappa shape index (κ3) is 8.63. The van der Waals surface area contributed by atoms with E-state index in [4.69, 9.17) is 0 Å². The highest BCUT2D eigenvalue weighted by Crippen LogP contribution is 2.34. The number of carboxylic acids is 3. The van der Waals surface area contributed by atoms with E-state index in [1.165, 1.54) is 0 Å². The fourth-order valence-corrected chi connectivity index (χ4v) is 4.70. The zero-order valence-corrected chi connectivity index (χ0v) is 19.9. The number of aliphatic carboxylic acids is 3. The van der Waals surface area contributed by atoms with E-state index in [1.807, 2.05) is 20.8 Å². The first kappa shape index (κ1) is 29.1. The summed E-state index contributed by atoms with van der Waals surface area (Å²) in [5.41, 5.74) is 0. The summed E-state index contributed by atoms with van der Waals surface area (Å²) in [6.45, 7) is 7.92. The van der Waals surface area contributed by atoms with Crippen molar-refractivity contribution in [2.24, 2.45) is 0 Å². The zero-order chi connectivity index (χ0) is 23.9. The number of carbonyl (C=O) groups is 3. The Bertz CT molecular complexity index is 515. The molecule has 0 aliphatic rings. The lowest BCUT2D eigenvalue weighted by Gasteiger charge is -2.50. The first-order valence-corrected chi connectivity index (χ1v) is 11.9. The number of nitrogens with zero attached hydrogens (tertiary/aromatic N) is 1. The fraction of sp³-hybridized carbons (Fsp3) is 0.792. The maximum Gasteiger partial charge on any atom is 0.362 e. The highest BCUT2D eigenvalue weighted by Gasteiger charge is 2.56. The maximum absolute atomic E-state index is 12.4. The smallest absolute Gasteiger partial charge is 0.362 e. The van der Waals surface area contributed by atoms with E-state index in [9.17, 15) is 29.7 Å². The van der Waals surface area contributed by atoms with Crippen LogP contribution in [0.3, 0.4) is 0 Å². The van der Waals surface area contributed by atoms with Crippen molar-refractivity contribution in [2.45, 2.75) is 116 Å². The van der Waals surface area contributed by atoms with Crippen molar-refractivity contribution < 1.29 is 34.2 Å². The average molecular weight is 443 g/mol. The summed E-state index contributed by atoms with van der Waals surface area (Å²) in [7, 11) is 0. The molecule has 0 saturated carbocycles. The quantitative estimate of drug-likeness (QED) is 0.146. The summed E-state index contributed by atoms with van der Waals surface area (Å²) in [5, 5.41) is 30.4. The standard InChI is InChI=1S/C24H43NO6/c1-5-9-10-11-12-13-14-18-25(19(15-6-2)22(26)27,20(16-7-3)23(28)29)21(17-8-4)24(30)31/h10-11,19-21H,5-9,12-18H2,1-4H3,(H2-,26,27,28,29,30,31)/p+1/b11-10+. The molecule has 180 valence electrons. The molecule has 7 heteroatoms. The Hall–Kier alpha value is -1.89. The summed E-state index contributed by atoms with van der Waals surface area (Å²) < 4.78 is -0.395. The van der Waals surface area contributed by atoms with E-state index in [2.05, 4.69) is 19.1 Å². The van der Waals surface area contributed by atoms with Crippen LogP contribution in [0.25, 0.3) is 0 Å². The minimum Gasteiger partial charge on any atom is -0.477 e. The van der Waals surface area contributed by atoms with Gasteiger partial charge in [0.05, 0.1) is 6.54 Å². The van der Waals surface area contributed by atoms with Crippen LogP contribution in [-0.2, 0) is 14.4 Å². The molecule has 0 amide bonds. The van der Waals surface area contributed by atoms with Crippen LogP contribution < -0.4 is 0 Å². The second-order valence-corrected chi connectivity index (χ2v) is 8.40. The van der Waals surface area contributed by atoms with Crippen molar-refractivity contribution in [1.82, 2.24) is 0 Å². The number of hydrogen-bond acceptors (Lipinski definition) is 3. The Morgan fingerprint density at radius 3 is 1.35 bits per heavy atom. The first-order valence-electron chi connectivity index (χ1n) is 11.9. The van der Waals surface area contributed by atoms with E-state index in [1.54, 1.807) is 0 Å². The van der Waals surface area contributed by atoms with Crippen LogP contribution in [-0.4, -0.2) is 62.4 Å². The molecule has 0 heterocycles. The highest BCUT2D eigenvalue weighted by molar-refractivity contribution is 5.78. The van der Waals surface area contributed by atoms with Gasteiger partial charge in [-0.1, -0.05) is 46.3 Å². The molecule has 3 unspecified atom stereocenters. The fourth-order valence-electron chi connectivity index (χ4n) is 4.70. The van der Waals surface area contributed by atoms with Crippen LogP contribution in [0, 0.1) is 0 Å². The second kappa shape index (κ2) is 15.8. The lowest BCUT2D eigenvalue weighted by molar-refractivity contribution is -0.973.